The van der Waals surface area contributed by atoms with Gasteiger partial charge in [0.15, 0.2) is 0 Å². The molecule has 0 aliphatic rings. The van der Waals surface area contributed by atoms with Crippen molar-refractivity contribution in [1.29, 1.82) is 0 Å². The highest BCUT2D eigenvalue weighted by atomic mass is 32.1. The van der Waals surface area contributed by atoms with Gasteiger partial charge in [0.1, 0.15) is 5.65 Å². The molecule has 0 fully saturated rings. The predicted molar refractivity (Wildman–Crippen MR) is 136 cm³/mol. The normalized spacial score (nSPS) is 12.5. The Morgan fingerprint density at radius 2 is 1.16 bits per heavy atom. The Morgan fingerprint density at radius 3 is 2.00 bits per heavy atom. The number of nitrogens with zero attached hydrogens (tertiary/aromatic N) is 2. The molecule has 0 amide bonds. The lowest BCUT2D eigenvalue weighted by atomic mass is 10.0. The van der Waals surface area contributed by atoms with Gasteiger partial charge in [0.2, 0.25) is 0 Å². The number of pyridine rings is 1. The smallest absolute Gasteiger partial charge is 0.145 e. The van der Waals surface area contributed by atoms with E-state index in [2.05, 4.69) is 88.4 Å². The molecule has 0 radical (unpaired) electrons. The summed E-state index contributed by atoms with van der Waals surface area (Å²) in [6.45, 7) is 0. The van der Waals surface area contributed by atoms with E-state index in [-0.39, 0.29) is 0 Å². The molecule has 4 heterocycles. The standard InChI is InChI=1S/C27H14N2S2/c1-2-7-17-15(5-1)18-12-24-19(11-22(18)29-10-9-28-27(17)29)21-14-25-20(13-26(21)31-24)16-6-3-4-8-23(16)30-25/h1-14H. The van der Waals surface area contributed by atoms with Gasteiger partial charge in [0.25, 0.3) is 0 Å². The molecule has 4 aromatic heterocycles. The fourth-order valence-electron chi connectivity index (χ4n) is 5.05. The molecule has 4 aromatic carbocycles. The maximum atomic E-state index is 4.66. The van der Waals surface area contributed by atoms with Gasteiger partial charge in [-0.2, -0.15) is 0 Å². The van der Waals surface area contributed by atoms with Crippen LogP contribution in [0.4, 0.5) is 0 Å². The molecule has 8 aromatic rings. The van der Waals surface area contributed by atoms with Crippen molar-refractivity contribution < 1.29 is 0 Å². The molecule has 0 atom stereocenters. The van der Waals surface area contributed by atoms with Gasteiger partial charge >= 0.3 is 0 Å². The first-order valence-corrected chi connectivity index (χ1v) is 11.9. The van der Waals surface area contributed by atoms with Gasteiger partial charge in [0.05, 0.1) is 5.52 Å². The Hall–Kier alpha value is -3.47. The van der Waals surface area contributed by atoms with Crippen LogP contribution in [0.15, 0.2) is 85.2 Å². The minimum absolute atomic E-state index is 1.02. The number of imidazole rings is 1. The van der Waals surface area contributed by atoms with Crippen molar-refractivity contribution in [2.24, 2.45) is 0 Å². The van der Waals surface area contributed by atoms with E-state index in [0.29, 0.717) is 0 Å². The minimum atomic E-state index is 1.02. The molecule has 0 N–H and O–H groups in total. The third-order valence-corrected chi connectivity index (χ3v) is 8.69. The zero-order chi connectivity index (χ0) is 20.1. The summed E-state index contributed by atoms with van der Waals surface area (Å²) in [5.41, 5.74) is 2.24. The second kappa shape index (κ2) is 5.61. The third-order valence-electron chi connectivity index (χ3n) is 6.45. The fourth-order valence-corrected chi connectivity index (χ4v) is 7.33. The van der Waals surface area contributed by atoms with E-state index >= 15 is 0 Å². The largest absolute Gasteiger partial charge is 0.299 e. The molecule has 0 bridgehead atoms. The summed E-state index contributed by atoms with van der Waals surface area (Å²) < 4.78 is 7.65. The van der Waals surface area contributed by atoms with Crippen LogP contribution in [0.25, 0.3) is 67.7 Å². The maximum absolute atomic E-state index is 4.66. The number of hydrogen-bond donors (Lipinski definition) is 0. The van der Waals surface area contributed by atoms with E-state index < -0.39 is 0 Å². The Morgan fingerprint density at radius 1 is 0.548 bits per heavy atom. The van der Waals surface area contributed by atoms with Gasteiger partial charge in [-0.15, -0.1) is 22.7 Å². The zero-order valence-corrected chi connectivity index (χ0v) is 17.9. The van der Waals surface area contributed by atoms with E-state index in [1.54, 1.807) is 0 Å². The Balaban J connectivity index is 1.58. The zero-order valence-electron chi connectivity index (χ0n) is 16.3. The van der Waals surface area contributed by atoms with Crippen LogP contribution in [0.2, 0.25) is 0 Å². The second-order valence-corrected chi connectivity index (χ2v) is 10.2. The lowest BCUT2D eigenvalue weighted by Gasteiger charge is -2.08. The first-order valence-electron chi connectivity index (χ1n) is 10.3. The first kappa shape index (κ1) is 16.3. The van der Waals surface area contributed by atoms with Crippen LogP contribution in [-0.4, -0.2) is 9.38 Å². The molecule has 0 aliphatic carbocycles. The molecule has 144 valence electrons. The van der Waals surface area contributed by atoms with Crippen LogP contribution in [0, 0.1) is 0 Å². The summed E-state index contributed by atoms with van der Waals surface area (Å²) in [4.78, 5) is 4.66. The summed E-state index contributed by atoms with van der Waals surface area (Å²) in [6, 6.07) is 26.9. The quantitative estimate of drug-likeness (QED) is 0.221. The van der Waals surface area contributed by atoms with Crippen LogP contribution in [-0.2, 0) is 0 Å². The van der Waals surface area contributed by atoms with Gasteiger partial charge in [0, 0.05) is 63.5 Å². The van der Waals surface area contributed by atoms with Gasteiger partial charge in [-0.25, -0.2) is 4.98 Å². The van der Waals surface area contributed by atoms with Crippen molar-refractivity contribution in [2.75, 3.05) is 0 Å². The molecule has 0 saturated carbocycles. The summed E-state index contributed by atoms with van der Waals surface area (Å²) in [5.74, 6) is 0. The van der Waals surface area contributed by atoms with E-state index in [4.69, 9.17) is 0 Å². The average Bonchev–Trinajstić information content (AvgIpc) is 3.51. The summed E-state index contributed by atoms with van der Waals surface area (Å²) in [6.07, 6.45) is 3.98. The number of fused-ring (bicyclic) bond motifs is 12. The molecule has 8 rings (SSSR count). The predicted octanol–water partition coefficient (Wildman–Crippen LogP) is 8.38. The minimum Gasteiger partial charge on any atom is -0.299 e. The van der Waals surface area contributed by atoms with E-state index in [1.165, 1.54) is 62.0 Å². The molecule has 0 saturated heterocycles. The number of rotatable bonds is 0. The van der Waals surface area contributed by atoms with Crippen molar-refractivity contribution in [2.45, 2.75) is 0 Å². The molecule has 2 nitrogen and oxygen atoms in total. The van der Waals surface area contributed by atoms with Crippen LogP contribution in [0.3, 0.4) is 0 Å². The van der Waals surface area contributed by atoms with Crippen molar-refractivity contribution in [3.63, 3.8) is 0 Å². The van der Waals surface area contributed by atoms with Crippen molar-refractivity contribution in [3.8, 4) is 0 Å². The number of thiophene rings is 2. The Labute approximate surface area is 184 Å². The van der Waals surface area contributed by atoms with E-state index in [1.807, 2.05) is 28.9 Å². The number of hydrogen-bond acceptors (Lipinski definition) is 3. The monoisotopic (exact) mass is 430 g/mol. The molecule has 4 heteroatoms. The van der Waals surface area contributed by atoms with E-state index in [9.17, 15) is 0 Å². The lowest BCUT2D eigenvalue weighted by molar-refractivity contribution is 1.28. The summed E-state index contributed by atoms with van der Waals surface area (Å²) in [5, 5.41) is 9.16. The highest BCUT2D eigenvalue weighted by molar-refractivity contribution is 7.27. The number of benzene rings is 4. The topological polar surface area (TPSA) is 17.3 Å². The van der Waals surface area contributed by atoms with Crippen LogP contribution in [0.5, 0.6) is 0 Å². The lowest BCUT2D eigenvalue weighted by Crippen LogP contribution is -1.90. The van der Waals surface area contributed by atoms with Gasteiger partial charge in [-0.1, -0.05) is 42.5 Å². The third kappa shape index (κ3) is 2.04. The molecule has 0 spiro atoms. The van der Waals surface area contributed by atoms with Crippen molar-refractivity contribution in [1.82, 2.24) is 9.38 Å². The molecule has 0 unspecified atom stereocenters. The van der Waals surface area contributed by atoms with E-state index in [0.717, 1.165) is 5.65 Å². The van der Waals surface area contributed by atoms with Crippen molar-refractivity contribution in [3.05, 3.63) is 85.2 Å². The fraction of sp³-hybridized carbons (Fsp3) is 0. The highest BCUT2D eigenvalue weighted by Crippen LogP contribution is 2.43. The van der Waals surface area contributed by atoms with Gasteiger partial charge in [-0.05, 0) is 35.7 Å². The number of aromatic nitrogens is 2. The first-order chi connectivity index (χ1) is 15.3. The van der Waals surface area contributed by atoms with Gasteiger partial charge < -0.3 is 0 Å². The Kier molecular flexibility index (Phi) is 2.94. The van der Waals surface area contributed by atoms with Crippen molar-refractivity contribution >= 4 is 90.3 Å². The molecular weight excluding hydrogens is 416 g/mol. The average molecular weight is 431 g/mol. The second-order valence-electron chi connectivity index (χ2n) is 8.08. The molecule has 31 heavy (non-hydrogen) atoms. The molecule has 0 aliphatic heterocycles. The molecular formula is C27H14N2S2. The summed E-state index contributed by atoms with van der Waals surface area (Å²) in [7, 11) is 0. The Bertz CT molecular complexity index is 2000. The van der Waals surface area contributed by atoms with Crippen LogP contribution in [0.1, 0.15) is 0 Å². The highest BCUT2D eigenvalue weighted by Gasteiger charge is 2.14. The van der Waals surface area contributed by atoms with Gasteiger partial charge in [-0.3, -0.25) is 4.40 Å². The van der Waals surface area contributed by atoms with Crippen LogP contribution < -0.4 is 0 Å². The SMILES string of the molecule is c1ccc2c(c1)sc1cc3c(cc12)sc1cc2c4ccccc4c4nccn4c2cc13. The summed E-state index contributed by atoms with van der Waals surface area (Å²) >= 11 is 3.79. The van der Waals surface area contributed by atoms with Crippen LogP contribution >= 0.6 is 22.7 Å². The maximum Gasteiger partial charge on any atom is 0.145 e.